The normalized spacial score (nSPS) is 13.0. The van der Waals surface area contributed by atoms with Gasteiger partial charge in [-0.15, -0.1) is 0 Å². The lowest BCUT2D eigenvalue weighted by molar-refractivity contribution is -0.118. The van der Waals surface area contributed by atoms with Gasteiger partial charge in [0.25, 0.3) is 0 Å². The molecule has 1 atom stereocenters. The summed E-state index contributed by atoms with van der Waals surface area (Å²) in [6.45, 7) is 0. The minimum atomic E-state index is -3.42. The third-order valence-electron chi connectivity index (χ3n) is 3.09. The van der Waals surface area contributed by atoms with Crippen molar-refractivity contribution in [1.82, 2.24) is 5.16 Å². The number of benzene rings is 1. The maximum Gasteiger partial charge on any atom is 0.217 e. The Morgan fingerprint density at radius 2 is 2.00 bits per heavy atom. The lowest BCUT2D eigenvalue weighted by atomic mass is 10.1. The molecule has 0 saturated carbocycles. The van der Waals surface area contributed by atoms with Crippen molar-refractivity contribution >= 4 is 15.7 Å². The summed E-state index contributed by atoms with van der Waals surface area (Å²) in [6.07, 6.45) is 1.15. The molecule has 2 rings (SSSR count). The number of hydrogen-bond donors (Lipinski definition) is 1. The average molecular weight is 308 g/mol. The zero-order valence-corrected chi connectivity index (χ0v) is 12.3. The molecule has 1 aromatic carbocycles. The zero-order valence-electron chi connectivity index (χ0n) is 11.5. The fourth-order valence-corrected chi connectivity index (χ4v) is 3.11. The first kappa shape index (κ1) is 15.2. The van der Waals surface area contributed by atoms with Gasteiger partial charge in [0.05, 0.1) is 0 Å². The van der Waals surface area contributed by atoms with Crippen molar-refractivity contribution < 1.29 is 17.7 Å². The molecule has 0 radical (unpaired) electrons. The van der Waals surface area contributed by atoms with Gasteiger partial charge in [0, 0.05) is 24.3 Å². The second kappa shape index (κ2) is 6.09. The molecule has 0 saturated heterocycles. The van der Waals surface area contributed by atoms with Gasteiger partial charge in [0.15, 0.2) is 15.6 Å². The lowest BCUT2D eigenvalue weighted by Crippen LogP contribution is -2.16. The molecule has 0 bridgehead atoms. The molecule has 1 amide bonds. The van der Waals surface area contributed by atoms with Gasteiger partial charge in [0.2, 0.25) is 5.91 Å². The van der Waals surface area contributed by atoms with Gasteiger partial charge in [-0.25, -0.2) is 8.42 Å². The minimum Gasteiger partial charge on any atom is -0.370 e. The summed E-state index contributed by atoms with van der Waals surface area (Å²) in [5.74, 6) is -0.330. The number of hydrogen-bond acceptors (Lipinski definition) is 5. The number of carbonyl (C=O) groups is 1. The Bertz CT molecular complexity index is 722. The smallest absolute Gasteiger partial charge is 0.217 e. The van der Waals surface area contributed by atoms with Gasteiger partial charge in [0.1, 0.15) is 10.9 Å². The Hall–Kier alpha value is -2.15. The largest absolute Gasteiger partial charge is 0.370 e. The summed E-state index contributed by atoms with van der Waals surface area (Å²) >= 11 is 0. The Morgan fingerprint density at radius 3 is 2.57 bits per heavy atom. The third-order valence-corrected chi connectivity index (χ3v) is 4.59. The van der Waals surface area contributed by atoms with Crippen LogP contribution in [0.2, 0.25) is 0 Å². The van der Waals surface area contributed by atoms with E-state index in [2.05, 4.69) is 5.16 Å². The first-order valence-electron chi connectivity index (χ1n) is 6.37. The standard InChI is InChI=1S/C14H16N2O4S/c1-21(18,19)13(7-8-14(15)17)12-9-11(16-20-12)10-5-3-2-4-6-10/h2-6,9,13H,7-8H2,1H3,(H2,15,17). The number of nitrogens with two attached hydrogens (primary N) is 1. The molecule has 0 aliphatic carbocycles. The van der Waals surface area contributed by atoms with Crippen LogP contribution in [0.3, 0.4) is 0 Å². The fraction of sp³-hybridized carbons (Fsp3) is 0.286. The maximum absolute atomic E-state index is 11.9. The highest BCUT2D eigenvalue weighted by atomic mass is 32.2. The van der Waals surface area contributed by atoms with E-state index >= 15 is 0 Å². The predicted octanol–water partition coefficient (Wildman–Crippen LogP) is 1.69. The van der Waals surface area contributed by atoms with Gasteiger partial charge in [-0.3, -0.25) is 4.79 Å². The van der Waals surface area contributed by atoms with Crippen LogP contribution >= 0.6 is 0 Å². The predicted molar refractivity (Wildman–Crippen MR) is 78.0 cm³/mol. The van der Waals surface area contributed by atoms with Crippen LogP contribution in [0, 0.1) is 0 Å². The second-order valence-electron chi connectivity index (χ2n) is 4.80. The summed E-state index contributed by atoms with van der Waals surface area (Å²) in [5.41, 5.74) is 6.46. The molecule has 7 heteroatoms. The summed E-state index contributed by atoms with van der Waals surface area (Å²) in [6, 6.07) is 10.9. The molecule has 112 valence electrons. The molecule has 0 aliphatic heterocycles. The number of primary amides is 1. The number of rotatable bonds is 6. The molecule has 6 nitrogen and oxygen atoms in total. The van der Waals surface area contributed by atoms with Crippen molar-refractivity contribution in [3.05, 3.63) is 42.2 Å². The number of nitrogens with zero attached hydrogens (tertiary/aromatic N) is 1. The summed E-state index contributed by atoms with van der Waals surface area (Å²) < 4.78 is 28.9. The summed E-state index contributed by atoms with van der Waals surface area (Å²) in [7, 11) is -3.42. The van der Waals surface area contributed by atoms with Crippen molar-refractivity contribution in [3.63, 3.8) is 0 Å². The zero-order chi connectivity index (χ0) is 15.5. The maximum atomic E-state index is 11.9. The van der Waals surface area contributed by atoms with E-state index in [4.69, 9.17) is 10.3 Å². The van der Waals surface area contributed by atoms with Gasteiger partial charge >= 0.3 is 0 Å². The van der Waals surface area contributed by atoms with Crippen LogP contribution in [-0.2, 0) is 14.6 Å². The minimum absolute atomic E-state index is 0.0287. The van der Waals surface area contributed by atoms with Crippen molar-refractivity contribution in [1.29, 1.82) is 0 Å². The van der Waals surface area contributed by atoms with E-state index in [1.807, 2.05) is 30.3 Å². The van der Waals surface area contributed by atoms with E-state index in [0.717, 1.165) is 11.8 Å². The van der Waals surface area contributed by atoms with E-state index in [9.17, 15) is 13.2 Å². The van der Waals surface area contributed by atoms with Crippen molar-refractivity contribution in [2.24, 2.45) is 5.73 Å². The lowest BCUT2D eigenvalue weighted by Gasteiger charge is -2.10. The summed E-state index contributed by atoms with van der Waals surface area (Å²) in [4.78, 5) is 10.9. The van der Waals surface area contributed by atoms with Crippen LogP contribution in [0.1, 0.15) is 23.9 Å². The van der Waals surface area contributed by atoms with Crippen molar-refractivity contribution in [3.8, 4) is 11.3 Å². The number of amides is 1. The Morgan fingerprint density at radius 1 is 1.33 bits per heavy atom. The molecule has 2 aromatic rings. The van der Waals surface area contributed by atoms with Gasteiger partial charge in [-0.2, -0.15) is 0 Å². The topological polar surface area (TPSA) is 103 Å². The Balaban J connectivity index is 2.30. The van der Waals surface area contributed by atoms with Gasteiger partial charge in [-0.05, 0) is 6.42 Å². The van der Waals surface area contributed by atoms with Gasteiger partial charge in [-0.1, -0.05) is 35.5 Å². The molecule has 1 unspecified atom stereocenters. The van der Waals surface area contributed by atoms with Crippen molar-refractivity contribution in [2.75, 3.05) is 6.26 Å². The molecule has 21 heavy (non-hydrogen) atoms. The quantitative estimate of drug-likeness (QED) is 0.874. The first-order valence-corrected chi connectivity index (χ1v) is 8.32. The van der Waals surface area contributed by atoms with Crippen LogP contribution in [0.15, 0.2) is 40.9 Å². The number of sulfone groups is 1. The monoisotopic (exact) mass is 308 g/mol. The highest BCUT2D eigenvalue weighted by Gasteiger charge is 2.27. The van der Waals surface area contributed by atoms with Crippen molar-refractivity contribution in [2.45, 2.75) is 18.1 Å². The average Bonchev–Trinajstić information content (AvgIpc) is 2.87. The van der Waals surface area contributed by atoms with E-state index in [-0.39, 0.29) is 18.6 Å². The molecule has 2 N–H and O–H groups in total. The third kappa shape index (κ3) is 3.91. The number of carbonyl (C=O) groups excluding carboxylic acids is 1. The van der Waals surface area contributed by atoms with E-state index < -0.39 is 21.0 Å². The molecular weight excluding hydrogens is 292 g/mol. The molecule has 0 spiro atoms. The second-order valence-corrected chi connectivity index (χ2v) is 7.03. The van der Waals surface area contributed by atoms with Crippen LogP contribution < -0.4 is 5.73 Å². The summed E-state index contributed by atoms with van der Waals surface area (Å²) in [5, 5.41) is 2.97. The van der Waals surface area contributed by atoms with E-state index in [0.29, 0.717) is 5.69 Å². The van der Waals surface area contributed by atoms with Crippen LogP contribution in [0.4, 0.5) is 0 Å². The Kier molecular flexibility index (Phi) is 4.42. The highest BCUT2D eigenvalue weighted by Crippen LogP contribution is 2.30. The first-order chi connectivity index (χ1) is 9.88. The molecule has 1 aromatic heterocycles. The van der Waals surface area contributed by atoms with Crippen LogP contribution in [0.25, 0.3) is 11.3 Å². The molecule has 0 fully saturated rings. The molecule has 1 heterocycles. The number of aromatic nitrogens is 1. The van der Waals surface area contributed by atoms with E-state index in [1.165, 1.54) is 0 Å². The fourth-order valence-electron chi connectivity index (χ4n) is 2.03. The van der Waals surface area contributed by atoms with Crippen LogP contribution in [-0.4, -0.2) is 25.7 Å². The van der Waals surface area contributed by atoms with E-state index in [1.54, 1.807) is 6.07 Å². The Labute approximate surface area is 122 Å². The molecular formula is C14H16N2O4S. The highest BCUT2D eigenvalue weighted by molar-refractivity contribution is 7.90. The SMILES string of the molecule is CS(=O)(=O)C(CCC(N)=O)c1cc(-c2ccccc2)no1. The molecule has 0 aliphatic rings. The van der Waals surface area contributed by atoms with Crippen LogP contribution in [0.5, 0.6) is 0 Å². The van der Waals surface area contributed by atoms with Gasteiger partial charge < -0.3 is 10.3 Å².